The molecule has 0 spiro atoms. The molecule has 3 heteroatoms. The lowest BCUT2D eigenvalue weighted by molar-refractivity contribution is -0.143. The average molecular weight is 209 g/mol. The number of nitrogens with two attached hydrogens (primary N) is 1. The minimum atomic E-state index is -0.571. The van der Waals surface area contributed by atoms with Crippen molar-refractivity contribution in [3.8, 4) is 0 Å². The first-order valence-electron chi connectivity index (χ1n) is 4.98. The van der Waals surface area contributed by atoms with E-state index in [-0.39, 0.29) is 12.6 Å². The highest BCUT2D eigenvalue weighted by Gasteiger charge is 2.08. The minimum absolute atomic E-state index is 0.259. The molecule has 15 heavy (non-hydrogen) atoms. The predicted molar refractivity (Wildman–Crippen MR) is 62.3 cm³/mol. The highest BCUT2D eigenvalue weighted by molar-refractivity contribution is 5.75. The van der Waals surface area contributed by atoms with E-state index in [2.05, 4.69) is 0 Å². The second kappa shape index (κ2) is 8.00. The number of hydrogen-bond donors (Lipinski definition) is 1. The van der Waals surface area contributed by atoms with E-state index in [1.54, 1.807) is 6.92 Å². The van der Waals surface area contributed by atoms with Crippen molar-refractivity contribution >= 4 is 5.97 Å². The number of carbonyl (C=O) groups excluding carboxylic acids is 1. The monoisotopic (exact) mass is 209 g/mol. The van der Waals surface area contributed by atoms with E-state index in [9.17, 15) is 4.79 Å². The fraction of sp³-hybridized carbons (Fsp3) is 0.417. The lowest BCUT2D eigenvalue weighted by Crippen LogP contribution is -2.29. The molecular formula is C12H19NO2. The lowest BCUT2D eigenvalue weighted by Gasteiger charge is -2.07. The van der Waals surface area contributed by atoms with Crippen molar-refractivity contribution in [1.29, 1.82) is 0 Å². The molecule has 3 nitrogen and oxygen atoms in total. The maximum atomic E-state index is 11.1. The minimum Gasteiger partial charge on any atom is -0.460 e. The molecule has 0 amide bonds. The Morgan fingerprint density at radius 3 is 2.53 bits per heavy atom. The Hall–Kier alpha value is -1.35. The van der Waals surface area contributed by atoms with Gasteiger partial charge in [-0.25, -0.2) is 0 Å². The number of allylic oxidation sites excluding steroid dienone is 4. The summed E-state index contributed by atoms with van der Waals surface area (Å²) < 4.78 is 5.00. The third-order valence-corrected chi connectivity index (χ3v) is 1.64. The molecule has 0 fully saturated rings. The van der Waals surface area contributed by atoms with Gasteiger partial charge in [0, 0.05) is 0 Å². The van der Waals surface area contributed by atoms with Crippen LogP contribution in [0.3, 0.4) is 0 Å². The number of hydrogen-bond acceptors (Lipinski definition) is 3. The molecule has 0 saturated carbocycles. The molecule has 0 aliphatic carbocycles. The van der Waals surface area contributed by atoms with Crippen LogP contribution in [0.1, 0.15) is 20.8 Å². The summed E-state index contributed by atoms with van der Waals surface area (Å²) in [6.07, 6.45) is 9.50. The van der Waals surface area contributed by atoms with Gasteiger partial charge in [-0.15, -0.1) is 0 Å². The lowest BCUT2D eigenvalue weighted by atomic mass is 10.2. The Morgan fingerprint density at radius 2 is 2.07 bits per heavy atom. The van der Waals surface area contributed by atoms with Gasteiger partial charge < -0.3 is 10.5 Å². The van der Waals surface area contributed by atoms with Crippen LogP contribution >= 0.6 is 0 Å². The molecule has 84 valence electrons. The molecule has 0 aliphatic heterocycles. The number of ether oxygens (including phenoxy) is 1. The van der Waals surface area contributed by atoms with Crippen LogP contribution in [0.4, 0.5) is 0 Å². The van der Waals surface area contributed by atoms with Crippen molar-refractivity contribution < 1.29 is 9.53 Å². The molecular weight excluding hydrogens is 190 g/mol. The van der Waals surface area contributed by atoms with Crippen molar-refractivity contribution in [2.45, 2.75) is 26.8 Å². The van der Waals surface area contributed by atoms with Gasteiger partial charge in [0.1, 0.15) is 12.6 Å². The van der Waals surface area contributed by atoms with Gasteiger partial charge in [0.2, 0.25) is 0 Å². The van der Waals surface area contributed by atoms with Gasteiger partial charge in [-0.2, -0.15) is 0 Å². The summed E-state index contributed by atoms with van der Waals surface area (Å²) in [5.74, 6) is -0.383. The number of rotatable bonds is 5. The van der Waals surface area contributed by atoms with Gasteiger partial charge in [0.05, 0.1) is 0 Å². The van der Waals surface area contributed by atoms with Crippen LogP contribution in [0, 0.1) is 0 Å². The van der Waals surface area contributed by atoms with E-state index in [4.69, 9.17) is 10.5 Å². The summed E-state index contributed by atoms with van der Waals surface area (Å²) in [6.45, 7) is 5.71. The fourth-order valence-electron chi connectivity index (χ4n) is 0.872. The number of carbonyl (C=O) groups is 1. The molecule has 0 unspecified atom stereocenters. The van der Waals surface area contributed by atoms with Gasteiger partial charge >= 0.3 is 5.97 Å². The van der Waals surface area contributed by atoms with Crippen molar-refractivity contribution in [1.82, 2.24) is 0 Å². The first-order chi connectivity index (χ1) is 7.11. The van der Waals surface area contributed by atoms with Crippen molar-refractivity contribution in [2.75, 3.05) is 6.61 Å². The fourth-order valence-corrected chi connectivity index (χ4v) is 0.872. The van der Waals surface area contributed by atoms with Crippen LogP contribution in [0.2, 0.25) is 0 Å². The van der Waals surface area contributed by atoms with E-state index in [1.807, 2.05) is 44.2 Å². The van der Waals surface area contributed by atoms with Crippen LogP contribution in [0.5, 0.6) is 0 Å². The summed E-state index contributed by atoms with van der Waals surface area (Å²) in [6, 6.07) is -0.571. The van der Waals surface area contributed by atoms with Gasteiger partial charge in [0.25, 0.3) is 0 Å². The normalized spacial score (nSPS) is 14.8. The first kappa shape index (κ1) is 13.7. The molecule has 2 N–H and O–H groups in total. The molecule has 0 bridgehead atoms. The maximum absolute atomic E-state index is 11.1. The van der Waals surface area contributed by atoms with Crippen LogP contribution in [0.15, 0.2) is 36.0 Å². The number of esters is 1. The molecule has 0 aromatic rings. The molecule has 0 aromatic heterocycles. The summed E-state index contributed by atoms with van der Waals surface area (Å²) in [7, 11) is 0. The van der Waals surface area contributed by atoms with Gasteiger partial charge in [-0.3, -0.25) is 4.79 Å². The van der Waals surface area contributed by atoms with E-state index >= 15 is 0 Å². The highest BCUT2D eigenvalue weighted by atomic mass is 16.5. The second-order valence-corrected chi connectivity index (χ2v) is 3.16. The Bertz CT molecular complexity index is 275. The summed E-state index contributed by atoms with van der Waals surface area (Å²) in [5.41, 5.74) is 6.31. The predicted octanol–water partition coefficient (Wildman–Crippen LogP) is 1.96. The molecule has 0 saturated heterocycles. The van der Waals surface area contributed by atoms with E-state index in [0.717, 1.165) is 5.57 Å². The third kappa shape index (κ3) is 6.69. The molecule has 0 rings (SSSR count). The summed E-state index contributed by atoms with van der Waals surface area (Å²) in [4.78, 5) is 11.1. The largest absolute Gasteiger partial charge is 0.460 e. The van der Waals surface area contributed by atoms with E-state index in [0.29, 0.717) is 0 Å². The SMILES string of the molecule is C\C=C/C=C(\C=C/C)COC(=O)[C@H](C)N. The van der Waals surface area contributed by atoms with E-state index in [1.165, 1.54) is 0 Å². The first-order valence-corrected chi connectivity index (χ1v) is 4.98. The van der Waals surface area contributed by atoms with Gasteiger partial charge in [-0.1, -0.05) is 30.4 Å². The van der Waals surface area contributed by atoms with Crippen LogP contribution in [0.25, 0.3) is 0 Å². The smallest absolute Gasteiger partial charge is 0.322 e. The molecule has 0 aliphatic rings. The van der Waals surface area contributed by atoms with E-state index < -0.39 is 6.04 Å². The van der Waals surface area contributed by atoms with Gasteiger partial charge in [-0.05, 0) is 26.3 Å². The molecule has 0 aromatic carbocycles. The van der Waals surface area contributed by atoms with Crippen molar-refractivity contribution in [3.05, 3.63) is 36.0 Å². The van der Waals surface area contributed by atoms with Crippen molar-refractivity contribution in [2.24, 2.45) is 5.73 Å². The zero-order chi connectivity index (χ0) is 11.7. The highest BCUT2D eigenvalue weighted by Crippen LogP contribution is 2.00. The maximum Gasteiger partial charge on any atom is 0.322 e. The molecule has 0 radical (unpaired) electrons. The Kier molecular flexibility index (Phi) is 7.28. The summed E-state index contributed by atoms with van der Waals surface area (Å²) in [5, 5.41) is 0. The average Bonchev–Trinajstić information content (AvgIpc) is 2.21. The third-order valence-electron chi connectivity index (χ3n) is 1.64. The van der Waals surface area contributed by atoms with Crippen LogP contribution in [-0.2, 0) is 9.53 Å². The quantitative estimate of drug-likeness (QED) is 0.556. The topological polar surface area (TPSA) is 52.3 Å². The Morgan fingerprint density at radius 1 is 1.40 bits per heavy atom. The second-order valence-electron chi connectivity index (χ2n) is 3.16. The van der Waals surface area contributed by atoms with Crippen LogP contribution in [-0.4, -0.2) is 18.6 Å². The Labute approximate surface area is 91.3 Å². The Balaban J connectivity index is 4.25. The van der Waals surface area contributed by atoms with Crippen LogP contribution < -0.4 is 5.73 Å². The zero-order valence-corrected chi connectivity index (χ0v) is 9.57. The molecule has 0 heterocycles. The standard InChI is InChI=1S/C12H19NO2/c1-4-6-8-11(7-5-2)9-15-12(14)10(3)13/h4-8,10H,9,13H2,1-3H3/b6-4-,7-5-,11-8+/t10-/m0/s1. The molecule has 1 atom stereocenters. The van der Waals surface area contributed by atoms with Crippen molar-refractivity contribution in [3.63, 3.8) is 0 Å². The summed E-state index contributed by atoms with van der Waals surface area (Å²) >= 11 is 0. The van der Waals surface area contributed by atoms with Gasteiger partial charge in [0.15, 0.2) is 0 Å². The zero-order valence-electron chi connectivity index (χ0n) is 9.57.